The lowest BCUT2D eigenvalue weighted by atomic mass is 10.1. The van der Waals surface area contributed by atoms with Gasteiger partial charge >= 0.3 is 0 Å². The van der Waals surface area contributed by atoms with E-state index in [1.807, 2.05) is 6.07 Å². The SMILES string of the molecule is COc1ccccc1N1C=C(c2ccc(Br)cc2)[NH+]2CCCCCC12. The normalized spacial score (nSPS) is 23.0. The lowest BCUT2D eigenvalue weighted by molar-refractivity contribution is -0.846. The molecule has 3 nitrogen and oxygen atoms in total. The lowest BCUT2D eigenvalue weighted by Crippen LogP contribution is -3.13. The Morgan fingerprint density at radius 1 is 1.04 bits per heavy atom. The molecule has 2 aromatic rings. The summed E-state index contributed by atoms with van der Waals surface area (Å²) in [7, 11) is 1.76. The Kier molecular flexibility index (Phi) is 4.82. The number of fused-ring (bicyclic) bond motifs is 1. The highest BCUT2D eigenvalue weighted by Gasteiger charge is 2.40. The summed E-state index contributed by atoms with van der Waals surface area (Å²) in [6, 6.07) is 17.1. The Morgan fingerprint density at radius 3 is 2.64 bits per heavy atom. The van der Waals surface area contributed by atoms with Gasteiger partial charge in [-0.15, -0.1) is 0 Å². The number of rotatable bonds is 3. The van der Waals surface area contributed by atoms with Crippen LogP contribution < -0.4 is 14.5 Å². The van der Waals surface area contributed by atoms with E-state index in [-0.39, 0.29) is 0 Å². The molecule has 1 fully saturated rings. The number of halogens is 1. The smallest absolute Gasteiger partial charge is 0.172 e. The van der Waals surface area contributed by atoms with Crippen LogP contribution in [0.1, 0.15) is 31.2 Å². The van der Waals surface area contributed by atoms with Crippen molar-refractivity contribution in [1.82, 2.24) is 0 Å². The zero-order chi connectivity index (χ0) is 17.2. The van der Waals surface area contributed by atoms with Gasteiger partial charge in [0.05, 0.1) is 25.5 Å². The molecule has 2 aromatic carbocycles. The minimum Gasteiger partial charge on any atom is -0.495 e. The van der Waals surface area contributed by atoms with E-state index in [9.17, 15) is 0 Å². The van der Waals surface area contributed by atoms with Crippen molar-refractivity contribution >= 4 is 27.3 Å². The first kappa shape index (κ1) is 16.7. The van der Waals surface area contributed by atoms with Crippen molar-refractivity contribution in [3.8, 4) is 5.75 Å². The molecule has 0 bridgehead atoms. The van der Waals surface area contributed by atoms with Crippen molar-refractivity contribution in [1.29, 1.82) is 0 Å². The second kappa shape index (κ2) is 7.22. The largest absolute Gasteiger partial charge is 0.495 e. The molecule has 2 atom stereocenters. The zero-order valence-corrected chi connectivity index (χ0v) is 16.1. The first-order valence-electron chi connectivity index (χ1n) is 9.03. The van der Waals surface area contributed by atoms with Crippen LogP contribution in [0.2, 0.25) is 0 Å². The first-order valence-corrected chi connectivity index (χ1v) is 9.82. The van der Waals surface area contributed by atoms with E-state index in [1.54, 1.807) is 12.0 Å². The minimum atomic E-state index is 0.456. The maximum Gasteiger partial charge on any atom is 0.172 e. The standard InChI is InChI=1S/C21H23BrN2O/c1-25-20-8-5-4-7-18(20)24-15-19(16-10-12-17(22)13-11-16)23-14-6-2-3-9-21(23)24/h4-5,7-8,10-13,15,21H,2-3,6,9,14H2,1H3/p+1. The molecular formula is C21H24BrN2O+. The summed E-state index contributed by atoms with van der Waals surface area (Å²) < 4.78 is 6.76. The van der Waals surface area contributed by atoms with E-state index in [1.165, 1.54) is 49.2 Å². The van der Waals surface area contributed by atoms with Gasteiger partial charge in [0.1, 0.15) is 5.75 Å². The van der Waals surface area contributed by atoms with Crippen molar-refractivity contribution in [2.45, 2.75) is 31.8 Å². The Hall–Kier alpha value is -1.78. The third-order valence-corrected chi connectivity index (χ3v) is 5.82. The van der Waals surface area contributed by atoms with Crippen molar-refractivity contribution in [3.05, 3.63) is 64.8 Å². The number of para-hydroxylation sites is 2. The van der Waals surface area contributed by atoms with E-state index < -0.39 is 0 Å². The summed E-state index contributed by atoms with van der Waals surface area (Å²) in [5, 5.41) is 0. The highest BCUT2D eigenvalue weighted by atomic mass is 79.9. The quantitative estimate of drug-likeness (QED) is 0.837. The Bertz CT molecular complexity index is 772. The van der Waals surface area contributed by atoms with Crippen LogP contribution in [0.15, 0.2) is 59.2 Å². The van der Waals surface area contributed by atoms with Gasteiger partial charge in [-0.3, -0.25) is 9.80 Å². The van der Waals surface area contributed by atoms with Crippen molar-refractivity contribution in [2.75, 3.05) is 18.6 Å². The second-order valence-corrected chi connectivity index (χ2v) is 7.68. The fourth-order valence-corrected chi connectivity index (χ4v) is 4.34. The van der Waals surface area contributed by atoms with Crippen molar-refractivity contribution < 1.29 is 9.64 Å². The summed E-state index contributed by atoms with van der Waals surface area (Å²) in [6.07, 6.45) is 7.92. The Morgan fingerprint density at radius 2 is 1.84 bits per heavy atom. The molecule has 2 heterocycles. The van der Waals surface area contributed by atoms with Crippen LogP contribution in [0.3, 0.4) is 0 Å². The monoisotopic (exact) mass is 399 g/mol. The van der Waals surface area contributed by atoms with E-state index in [2.05, 4.69) is 69.5 Å². The van der Waals surface area contributed by atoms with Gasteiger partial charge in [0.15, 0.2) is 11.9 Å². The topological polar surface area (TPSA) is 16.9 Å². The van der Waals surface area contributed by atoms with Crippen LogP contribution in [0.5, 0.6) is 5.75 Å². The van der Waals surface area contributed by atoms with Gasteiger partial charge in [0, 0.05) is 16.5 Å². The average molecular weight is 400 g/mol. The van der Waals surface area contributed by atoms with Crippen molar-refractivity contribution in [2.24, 2.45) is 0 Å². The van der Waals surface area contributed by atoms with E-state index >= 15 is 0 Å². The molecule has 1 N–H and O–H groups in total. The number of quaternary nitrogens is 1. The lowest BCUT2D eigenvalue weighted by Gasteiger charge is -2.28. The maximum atomic E-state index is 5.64. The van der Waals surface area contributed by atoms with Gasteiger partial charge in [-0.05, 0) is 55.7 Å². The summed E-state index contributed by atoms with van der Waals surface area (Å²) in [4.78, 5) is 4.03. The maximum absolute atomic E-state index is 5.64. The van der Waals surface area contributed by atoms with Crippen LogP contribution in [-0.2, 0) is 0 Å². The van der Waals surface area contributed by atoms with Crippen LogP contribution in [-0.4, -0.2) is 19.8 Å². The predicted molar refractivity (Wildman–Crippen MR) is 106 cm³/mol. The molecule has 25 heavy (non-hydrogen) atoms. The molecule has 0 aliphatic carbocycles. The molecule has 0 aromatic heterocycles. The summed E-state index contributed by atoms with van der Waals surface area (Å²) >= 11 is 3.55. The number of hydrogen-bond donors (Lipinski definition) is 1. The zero-order valence-electron chi connectivity index (χ0n) is 14.5. The van der Waals surface area contributed by atoms with Gasteiger partial charge in [-0.2, -0.15) is 0 Å². The van der Waals surface area contributed by atoms with E-state index in [0.29, 0.717) is 6.17 Å². The van der Waals surface area contributed by atoms with Crippen LogP contribution in [0.4, 0.5) is 5.69 Å². The number of benzene rings is 2. The third kappa shape index (κ3) is 3.21. The summed E-state index contributed by atoms with van der Waals surface area (Å²) in [5.74, 6) is 0.944. The van der Waals surface area contributed by atoms with E-state index in [4.69, 9.17) is 4.74 Å². The molecule has 2 aliphatic rings. The molecule has 2 unspecified atom stereocenters. The molecule has 130 valence electrons. The Balaban J connectivity index is 1.78. The number of hydrogen-bond acceptors (Lipinski definition) is 2. The molecule has 0 amide bonds. The Labute approximate surface area is 158 Å². The average Bonchev–Trinajstić information content (AvgIpc) is 2.83. The molecule has 4 heteroatoms. The summed E-state index contributed by atoms with van der Waals surface area (Å²) in [5.41, 5.74) is 3.87. The van der Waals surface area contributed by atoms with Gasteiger partial charge in [-0.25, -0.2) is 0 Å². The molecule has 0 spiro atoms. The first-order chi connectivity index (χ1) is 12.3. The second-order valence-electron chi connectivity index (χ2n) is 6.77. The predicted octanol–water partition coefficient (Wildman–Crippen LogP) is 4.06. The molecule has 1 saturated heterocycles. The van der Waals surface area contributed by atoms with Gasteiger partial charge < -0.3 is 4.74 Å². The number of nitrogens with zero attached hydrogens (tertiary/aromatic N) is 1. The number of nitrogens with one attached hydrogen (secondary N) is 1. The van der Waals surface area contributed by atoms with Gasteiger partial charge in [-0.1, -0.05) is 28.1 Å². The molecule has 0 saturated carbocycles. The van der Waals surface area contributed by atoms with Crippen molar-refractivity contribution in [3.63, 3.8) is 0 Å². The molecular weight excluding hydrogens is 376 g/mol. The fraction of sp³-hybridized carbons (Fsp3) is 0.333. The van der Waals surface area contributed by atoms with Crippen LogP contribution in [0, 0.1) is 0 Å². The van der Waals surface area contributed by atoms with Crippen LogP contribution >= 0.6 is 15.9 Å². The number of ether oxygens (including phenoxy) is 1. The fourth-order valence-electron chi connectivity index (χ4n) is 4.07. The molecule has 4 rings (SSSR count). The third-order valence-electron chi connectivity index (χ3n) is 5.29. The highest BCUT2D eigenvalue weighted by Crippen LogP contribution is 2.33. The van der Waals surface area contributed by atoms with E-state index in [0.717, 1.165) is 10.2 Å². The minimum absolute atomic E-state index is 0.456. The summed E-state index contributed by atoms with van der Waals surface area (Å²) in [6.45, 7) is 1.19. The number of anilines is 1. The highest BCUT2D eigenvalue weighted by molar-refractivity contribution is 9.10. The van der Waals surface area contributed by atoms with Gasteiger partial charge in [0.2, 0.25) is 0 Å². The number of methoxy groups -OCH3 is 1. The van der Waals surface area contributed by atoms with Crippen LogP contribution in [0.25, 0.3) is 5.70 Å². The molecule has 2 aliphatic heterocycles. The van der Waals surface area contributed by atoms with Gasteiger partial charge in [0.25, 0.3) is 0 Å². The molecule has 0 radical (unpaired) electrons.